The summed E-state index contributed by atoms with van der Waals surface area (Å²) in [5.74, 6) is -2.42. The molecule has 0 aliphatic carbocycles. The highest BCUT2D eigenvalue weighted by Crippen LogP contribution is 2.29. The van der Waals surface area contributed by atoms with E-state index in [1.165, 1.54) is 20.3 Å². The van der Waals surface area contributed by atoms with Crippen molar-refractivity contribution in [1.82, 2.24) is 0 Å². The molecule has 0 heterocycles. The van der Waals surface area contributed by atoms with Gasteiger partial charge in [0.25, 0.3) is 0 Å². The van der Waals surface area contributed by atoms with Crippen LogP contribution in [0.5, 0.6) is 11.5 Å². The van der Waals surface area contributed by atoms with Gasteiger partial charge >= 0.3 is 11.9 Å². The number of methoxy groups -OCH3 is 2. The number of benzene rings is 1. The van der Waals surface area contributed by atoms with Gasteiger partial charge in [-0.15, -0.1) is 24.8 Å². The van der Waals surface area contributed by atoms with Gasteiger partial charge in [-0.2, -0.15) is 0 Å². The minimum Gasteiger partial charge on any atom is -0.496 e. The second-order valence-corrected chi connectivity index (χ2v) is 2.86. The van der Waals surface area contributed by atoms with Gasteiger partial charge in [-0.1, -0.05) is 0 Å². The molecular weight excluding hydrogens is 287 g/mol. The number of hydrogen-bond donors (Lipinski definition) is 2. The fraction of sp³-hybridized carbons (Fsp3) is 0.200. The molecule has 0 unspecified atom stereocenters. The van der Waals surface area contributed by atoms with Crippen LogP contribution in [0.25, 0.3) is 0 Å². The van der Waals surface area contributed by atoms with Crippen molar-refractivity contribution in [3.63, 3.8) is 0 Å². The van der Waals surface area contributed by atoms with Crippen molar-refractivity contribution in [2.75, 3.05) is 14.2 Å². The zero-order valence-corrected chi connectivity index (χ0v) is 11.1. The van der Waals surface area contributed by atoms with Gasteiger partial charge in [0.05, 0.1) is 14.2 Å². The predicted molar refractivity (Wildman–Crippen MR) is 68.0 cm³/mol. The second-order valence-electron chi connectivity index (χ2n) is 2.86. The van der Waals surface area contributed by atoms with Crippen molar-refractivity contribution in [1.29, 1.82) is 0 Å². The molecular formula is C10H12Cl2O6. The number of ether oxygens (including phenoxy) is 2. The van der Waals surface area contributed by atoms with Gasteiger partial charge < -0.3 is 19.7 Å². The van der Waals surface area contributed by atoms with Crippen molar-refractivity contribution >= 4 is 36.8 Å². The molecule has 1 aromatic rings. The van der Waals surface area contributed by atoms with Crippen molar-refractivity contribution in [2.45, 2.75) is 0 Å². The van der Waals surface area contributed by atoms with E-state index < -0.39 is 11.9 Å². The third-order valence-electron chi connectivity index (χ3n) is 1.98. The monoisotopic (exact) mass is 298 g/mol. The van der Waals surface area contributed by atoms with E-state index in [1.54, 1.807) is 0 Å². The van der Waals surface area contributed by atoms with Gasteiger partial charge in [-0.3, -0.25) is 0 Å². The van der Waals surface area contributed by atoms with Crippen LogP contribution in [0.4, 0.5) is 0 Å². The van der Waals surface area contributed by atoms with Crippen LogP contribution in [-0.2, 0) is 0 Å². The molecule has 0 amide bonds. The smallest absolute Gasteiger partial charge is 0.339 e. The number of carboxylic acid groups (broad SMARTS) is 2. The number of halogens is 2. The number of aromatic carboxylic acids is 2. The van der Waals surface area contributed by atoms with Gasteiger partial charge in [0.1, 0.15) is 22.6 Å². The summed E-state index contributed by atoms with van der Waals surface area (Å²) >= 11 is 0. The molecule has 0 aliphatic rings. The quantitative estimate of drug-likeness (QED) is 0.882. The van der Waals surface area contributed by atoms with E-state index in [0.717, 1.165) is 6.07 Å². The van der Waals surface area contributed by atoms with Gasteiger partial charge in [0.15, 0.2) is 0 Å². The Hall–Kier alpha value is -1.66. The molecule has 8 heteroatoms. The number of carboxylic acids is 2. The molecule has 2 N–H and O–H groups in total. The van der Waals surface area contributed by atoms with Crippen molar-refractivity contribution in [2.24, 2.45) is 0 Å². The van der Waals surface area contributed by atoms with Crippen LogP contribution in [0.1, 0.15) is 20.7 Å². The highest BCUT2D eigenvalue weighted by atomic mass is 35.5. The van der Waals surface area contributed by atoms with E-state index in [1.807, 2.05) is 0 Å². The van der Waals surface area contributed by atoms with E-state index in [-0.39, 0.29) is 47.4 Å². The van der Waals surface area contributed by atoms with Crippen LogP contribution in [0.15, 0.2) is 12.1 Å². The Morgan fingerprint density at radius 2 is 1.22 bits per heavy atom. The normalized spacial score (nSPS) is 8.56. The maximum Gasteiger partial charge on any atom is 0.339 e. The number of rotatable bonds is 4. The fourth-order valence-electron chi connectivity index (χ4n) is 1.23. The van der Waals surface area contributed by atoms with Crippen LogP contribution in [0.3, 0.4) is 0 Å². The maximum absolute atomic E-state index is 10.8. The van der Waals surface area contributed by atoms with E-state index in [2.05, 4.69) is 0 Å². The number of hydrogen-bond acceptors (Lipinski definition) is 4. The van der Waals surface area contributed by atoms with Gasteiger partial charge in [-0.25, -0.2) is 9.59 Å². The minimum absolute atomic E-state index is 0. The first kappa shape index (κ1) is 18.7. The van der Waals surface area contributed by atoms with Gasteiger partial charge in [0.2, 0.25) is 0 Å². The summed E-state index contributed by atoms with van der Waals surface area (Å²) < 4.78 is 9.66. The molecule has 0 atom stereocenters. The zero-order chi connectivity index (χ0) is 12.3. The van der Waals surface area contributed by atoms with Crippen molar-refractivity contribution < 1.29 is 29.3 Å². The van der Waals surface area contributed by atoms with Gasteiger partial charge in [-0.05, 0) is 6.07 Å². The Bertz CT molecular complexity index is 409. The first-order valence-electron chi connectivity index (χ1n) is 4.23. The topological polar surface area (TPSA) is 93.1 Å². The lowest BCUT2D eigenvalue weighted by atomic mass is 10.1. The maximum atomic E-state index is 10.8. The van der Waals surface area contributed by atoms with Crippen LogP contribution in [0, 0.1) is 0 Å². The third-order valence-corrected chi connectivity index (χ3v) is 1.98. The average molecular weight is 299 g/mol. The summed E-state index contributed by atoms with van der Waals surface area (Å²) in [6.07, 6.45) is 0. The first-order valence-corrected chi connectivity index (χ1v) is 4.23. The highest BCUT2D eigenvalue weighted by Gasteiger charge is 2.19. The molecule has 0 bridgehead atoms. The molecule has 102 valence electrons. The molecule has 0 spiro atoms. The standard InChI is InChI=1S/C10H10O6.2ClH/c1-15-7-4-8(16-2)6(10(13)14)3-5(7)9(11)12;;/h3-4H,1-2H3,(H,11,12)(H,13,14);2*1H. The van der Waals surface area contributed by atoms with Crippen LogP contribution in [-0.4, -0.2) is 36.4 Å². The molecule has 0 saturated carbocycles. The van der Waals surface area contributed by atoms with E-state index in [9.17, 15) is 9.59 Å². The summed E-state index contributed by atoms with van der Waals surface area (Å²) in [4.78, 5) is 21.7. The predicted octanol–water partition coefficient (Wildman–Crippen LogP) is 1.94. The van der Waals surface area contributed by atoms with E-state index in [4.69, 9.17) is 19.7 Å². The molecule has 18 heavy (non-hydrogen) atoms. The lowest BCUT2D eigenvalue weighted by Crippen LogP contribution is -2.07. The minimum atomic E-state index is -1.26. The van der Waals surface area contributed by atoms with Crippen LogP contribution >= 0.6 is 24.8 Å². The second kappa shape index (κ2) is 7.62. The highest BCUT2D eigenvalue weighted by molar-refractivity contribution is 5.98. The van der Waals surface area contributed by atoms with Crippen molar-refractivity contribution in [3.8, 4) is 11.5 Å². The Labute approximate surface area is 115 Å². The lowest BCUT2D eigenvalue weighted by molar-refractivity contribution is 0.0693. The van der Waals surface area contributed by atoms with Crippen LogP contribution in [0.2, 0.25) is 0 Å². The molecule has 0 radical (unpaired) electrons. The molecule has 0 aromatic heterocycles. The van der Waals surface area contributed by atoms with Gasteiger partial charge in [0, 0.05) is 6.07 Å². The third kappa shape index (κ3) is 3.68. The molecule has 1 rings (SSSR count). The number of carbonyl (C=O) groups is 2. The average Bonchev–Trinajstić information content (AvgIpc) is 2.26. The summed E-state index contributed by atoms with van der Waals surface area (Å²) in [7, 11) is 2.59. The van der Waals surface area contributed by atoms with Crippen molar-refractivity contribution in [3.05, 3.63) is 23.3 Å². The Morgan fingerprint density at radius 1 is 0.889 bits per heavy atom. The largest absolute Gasteiger partial charge is 0.496 e. The summed E-state index contributed by atoms with van der Waals surface area (Å²) in [6.45, 7) is 0. The van der Waals surface area contributed by atoms with E-state index >= 15 is 0 Å². The summed E-state index contributed by atoms with van der Waals surface area (Å²) in [6, 6.07) is 2.23. The molecule has 0 saturated heterocycles. The first-order chi connectivity index (χ1) is 7.51. The Kier molecular flexibility index (Phi) is 7.92. The lowest BCUT2D eigenvalue weighted by Gasteiger charge is -2.10. The fourth-order valence-corrected chi connectivity index (χ4v) is 1.23. The Morgan fingerprint density at radius 3 is 1.44 bits per heavy atom. The molecule has 0 aliphatic heterocycles. The molecule has 6 nitrogen and oxygen atoms in total. The van der Waals surface area contributed by atoms with E-state index in [0.29, 0.717) is 0 Å². The summed E-state index contributed by atoms with van der Waals surface area (Å²) in [5, 5.41) is 17.7. The summed E-state index contributed by atoms with van der Waals surface area (Å²) in [5.41, 5.74) is -0.443. The zero-order valence-electron chi connectivity index (χ0n) is 9.50. The molecule has 0 fully saturated rings. The van der Waals surface area contributed by atoms with Crippen LogP contribution < -0.4 is 9.47 Å². The SMILES string of the molecule is COc1cc(OC)c(C(=O)O)cc1C(=O)O.Cl.Cl. The Balaban J connectivity index is 0. The molecule has 1 aromatic carbocycles.